The molecule has 3 nitrogen and oxygen atoms in total. The fourth-order valence-electron chi connectivity index (χ4n) is 2.87. The maximum Gasteiger partial charge on any atom is 0.149 e. The maximum atomic E-state index is 11.8. The first-order valence-corrected chi connectivity index (χ1v) is 7.00. The molecule has 1 fully saturated rings. The fourth-order valence-corrected chi connectivity index (χ4v) is 2.87. The number of ketones is 1. The van der Waals surface area contributed by atoms with Crippen LogP contribution in [0.1, 0.15) is 31.7 Å². The van der Waals surface area contributed by atoms with Gasteiger partial charge in [-0.1, -0.05) is 18.2 Å². The molecule has 2 atom stereocenters. The third kappa shape index (κ3) is 3.16. The molecule has 0 aromatic heterocycles. The van der Waals surface area contributed by atoms with Gasteiger partial charge in [0.1, 0.15) is 11.5 Å². The van der Waals surface area contributed by atoms with E-state index in [4.69, 9.17) is 4.74 Å². The highest BCUT2D eigenvalue weighted by Gasteiger charge is 2.30. The minimum Gasteiger partial charge on any atom is -0.496 e. The highest BCUT2D eigenvalue weighted by atomic mass is 16.5. The van der Waals surface area contributed by atoms with E-state index >= 15 is 0 Å². The van der Waals surface area contributed by atoms with Gasteiger partial charge >= 0.3 is 0 Å². The van der Waals surface area contributed by atoms with Crippen molar-refractivity contribution in [1.29, 1.82) is 0 Å². The summed E-state index contributed by atoms with van der Waals surface area (Å²) in [5.41, 5.74) is 1.20. The summed E-state index contributed by atoms with van der Waals surface area (Å²) in [5.74, 6) is 1.33. The van der Waals surface area contributed by atoms with Crippen molar-refractivity contribution in [3.05, 3.63) is 29.8 Å². The Labute approximate surface area is 115 Å². The van der Waals surface area contributed by atoms with Gasteiger partial charge in [0, 0.05) is 12.5 Å². The predicted molar refractivity (Wildman–Crippen MR) is 76.6 cm³/mol. The summed E-state index contributed by atoms with van der Waals surface area (Å²) in [6.07, 6.45) is 3.70. The van der Waals surface area contributed by atoms with Crippen LogP contribution in [0.3, 0.4) is 0 Å². The van der Waals surface area contributed by atoms with Crippen molar-refractivity contribution in [2.75, 3.05) is 14.2 Å². The molecule has 0 saturated heterocycles. The number of rotatable bonds is 5. The molecular formula is C16H23NO2. The average molecular weight is 261 g/mol. The molecule has 0 heterocycles. The normalized spacial score (nSPS) is 20.8. The van der Waals surface area contributed by atoms with Crippen molar-refractivity contribution in [1.82, 2.24) is 4.90 Å². The first kappa shape index (κ1) is 14.1. The predicted octanol–water partition coefficient (Wildman–Crippen LogP) is 2.68. The van der Waals surface area contributed by atoms with Crippen molar-refractivity contribution in [3.63, 3.8) is 0 Å². The van der Waals surface area contributed by atoms with Crippen LogP contribution < -0.4 is 4.74 Å². The van der Waals surface area contributed by atoms with Crippen molar-refractivity contribution < 1.29 is 9.53 Å². The number of para-hydroxylation sites is 1. The van der Waals surface area contributed by atoms with E-state index < -0.39 is 0 Å². The highest BCUT2D eigenvalue weighted by Crippen LogP contribution is 2.24. The largest absolute Gasteiger partial charge is 0.496 e. The zero-order valence-corrected chi connectivity index (χ0v) is 12.1. The quantitative estimate of drug-likeness (QED) is 0.816. The second-order valence-electron chi connectivity index (χ2n) is 5.40. The molecule has 1 aromatic rings. The molecule has 104 valence electrons. The zero-order chi connectivity index (χ0) is 13.8. The van der Waals surface area contributed by atoms with Crippen LogP contribution in [0.25, 0.3) is 0 Å². The Morgan fingerprint density at radius 2 is 2.16 bits per heavy atom. The van der Waals surface area contributed by atoms with Gasteiger partial charge in [0.15, 0.2) is 0 Å². The lowest BCUT2D eigenvalue weighted by Gasteiger charge is -2.30. The van der Waals surface area contributed by atoms with Crippen LogP contribution in [-0.4, -0.2) is 36.9 Å². The van der Waals surface area contributed by atoms with Crippen molar-refractivity contribution in [2.24, 2.45) is 0 Å². The van der Waals surface area contributed by atoms with E-state index in [1.807, 2.05) is 18.2 Å². The number of hydrogen-bond donors (Lipinski definition) is 0. The van der Waals surface area contributed by atoms with Crippen LogP contribution in [0.2, 0.25) is 0 Å². The Bertz CT molecular complexity index is 444. The van der Waals surface area contributed by atoms with Crippen molar-refractivity contribution >= 4 is 5.78 Å². The number of hydrogen-bond acceptors (Lipinski definition) is 3. The van der Waals surface area contributed by atoms with Gasteiger partial charge in [-0.3, -0.25) is 9.69 Å². The van der Waals surface area contributed by atoms with Gasteiger partial charge in [-0.2, -0.15) is 0 Å². The molecule has 0 N–H and O–H groups in total. The summed E-state index contributed by atoms with van der Waals surface area (Å²) >= 11 is 0. The molecule has 1 aliphatic rings. The number of benzene rings is 1. The van der Waals surface area contributed by atoms with Crippen molar-refractivity contribution in [3.8, 4) is 5.75 Å². The van der Waals surface area contributed by atoms with Gasteiger partial charge in [0.05, 0.1) is 13.2 Å². The van der Waals surface area contributed by atoms with E-state index in [9.17, 15) is 4.79 Å². The first-order valence-electron chi connectivity index (χ1n) is 7.00. The lowest BCUT2D eigenvalue weighted by atomic mass is 10.0. The van der Waals surface area contributed by atoms with Gasteiger partial charge < -0.3 is 4.74 Å². The number of carbonyl (C=O) groups is 1. The number of likely N-dealkylation sites (N-methyl/N-ethyl adjacent to an activating group) is 1. The molecule has 0 aliphatic heterocycles. The van der Waals surface area contributed by atoms with Gasteiger partial charge in [-0.15, -0.1) is 0 Å². The monoisotopic (exact) mass is 261 g/mol. The lowest BCUT2D eigenvalue weighted by Crippen LogP contribution is -2.42. The average Bonchev–Trinajstić information content (AvgIpc) is 2.84. The third-order valence-electron chi connectivity index (χ3n) is 4.17. The second-order valence-corrected chi connectivity index (χ2v) is 5.40. The number of methoxy groups -OCH3 is 1. The summed E-state index contributed by atoms with van der Waals surface area (Å²) in [4.78, 5) is 14.1. The third-order valence-corrected chi connectivity index (χ3v) is 4.17. The van der Waals surface area contributed by atoms with E-state index in [1.165, 1.54) is 5.56 Å². The Hall–Kier alpha value is -1.35. The number of ether oxygens (including phenoxy) is 1. The Morgan fingerprint density at radius 1 is 1.42 bits per heavy atom. The van der Waals surface area contributed by atoms with E-state index in [2.05, 4.69) is 24.9 Å². The van der Waals surface area contributed by atoms with E-state index in [1.54, 1.807) is 7.11 Å². The summed E-state index contributed by atoms with van der Waals surface area (Å²) in [7, 11) is 3.77. The number of Topliss-reactive ketones (excluding diaryl/α,β-unsaturated/α-hetero) is 1. The summed E-state index contributed by atoms with van der Waals surface area (Å²) in [6, 6.07) is 8.55. The van der Waals surface area contributed by atoms with Gasteiger partial charge in [0.25, 0.3) is 0 Å². The summed E-state index contributed by atoms with van der Waals surface area (Å²) < 4.78 is 5.39. The molecule has 0 amide bonds. The first-order chi connectivity index (χ1) is 9.13. The van der Waals surface area contributed by atoms with Gasteiger partial charge in [-0.25, -0.2) is 0 Å². The molecule has 19 heavy (non-hydrogen) atoms. The SMILES string of the molecule is COc1ccccc1CC(C)N(C)C1CCCC1=O. The standard InChI is InChI=1S/C16H23NO2/c1-12(17(2)14-8-6-9-15(14)18)11-13-7-4-5-10-16(13)19-3/h4-5,7,10,12,14H,6,8-9,11H2,1-3H3. The summed E-state index contributed by atoms with van der Waals surface area (Å²) in [5, 5.41) is 0. The van der Waals surface area contributed by atoms with E-state index in [0.717, 1.165) is 31.4 Å². The van der Waals surface area contributed by atoms with Crippen LogP contribution in [0.4, 0.5) is 0 Å². The minimum atomic E-state index is 0.115. The Balaban J connectivity index is 2.03. The zero-order valence-electron chi connectivity index (χ0n) is 12.1. The van der Waals surface area contributed by atoms with Crippen LogP contribution in [0.5, 0.6) is 5.75 Å². The van der Waals surface area contributed by atoms with Crippen LogP contribution in [-0.2, 0) is 11.2 Å². The molecule has 0 radical (unpaired) electrons. The van der Waals surface area contributed by atoms with Gasteiger partial charge in [-0.05, 0) is 44.9 Å². The van der Waals surface area contributed by atoms with Gasteiger partial charge in [0.2, 0.25) is 0 Å². The smallest absolute Gasteiger partial charge is 0.149 e. The maximum absolute atomic E-state index is 11.8. The molecule has 1 aromatic carbocycles. The Kier molecular flexibility index (Phi) is 4.59. The Morgan fingerprint density at radius 3 is 2.79 bits per heavy atom. The molecular weight excluding hydrogens is 238 g/mol. The fraction of sp³-hybridized carbons (Fsp3) is 0.562. The highest BCUT2D eigenvalue weighted by molar-refractivity contribution is 5.85. The molecule has 0 bridgehead atoms. The lowest BCUT2D eigenvalue weighted by molar-refractivity contribution is -0.122. The van der Waals surface area contributed by atoms with Crippen LogP contribution in [0.15, 0.2) is 24.3 Å². The summed E-state index contributed by atoms with van der Waals surface area (Å²) in [6.45, 7) is 2.18. The number of nitrogens with zero attached hydrogens (tertiary/aromatic N) is 1. The number of carbonyl (C=O) groups excluding carboxylic acids is 1. The minimum absolute atomic E-state index is 0.115. The van der Waals surface area contributed by atoms with E-state index in [-0.39, 0.29) is 6.04 Å². The molecule has 0 spiro atoms. The van der Waals surface area contributed by atoms with E-state index in [0.29, 0.717) is 11.8 Å². The molecule has 2 unspecified atom stereocenters. The molecule has 3 heteroatoms. The second kappa shape index (κ2) is 6.20. The van der Waals surface area contributed by atoms with Crippen LogP contribution >= 0.6 is 0 Å². The molecule has 1 aliphatic carbocycles. The van der Waals surface area contributed by atoms with Crippen molar-refractivity contribution in [2.45, 2.75) is 44.7 Å². The topological polar surface area (TPSA) is 29.5 Å². The van der Waals surface area contributed by atoms with Crippen LogP contribution in [0, 0.1) is 0 Å². The molecule has 1 saturated carbocycles. The molecule has 2 rings (SSSR count).